The van der Waals surface area contributed by atoms with E-state index in [1.165, 1.54) is 11.2 Å². The van der Waals surface area contributed by atoms with Crippen molar-refractivity contribution in [3.05, 3.63) is 77.4 Å². The van der Waals surface area contributed by atoms with Crippen LogP contribution in [0.2, 0.25) is 0 Å². The van der Waals surface area contributed by atoms with E-state index in [-0.39, 0.29) is 18.7 Å². The molecule has 0 aliphatic carbocycles. The van der Waals surface area contributed by atoms with Crippen molar-refractivity contribution >= 4 is 38.6 Å². The fourth-order valence-electron chi connectivity index (χ4n) is 3.95. The Bertz CT molecular complexity index is 1470. The van der Waals surface area contributed by atoms with Gasteiger partial charge in [0.2, 0.25) is 0 Å². The topological polar surface area (TPSA) is 127 Å². The Labute approximate surface area is 209 Å². The van der Waals surface area contributed by atoms with E-state index in [4.69, 9.17) is 5.11 Å². The van der Waals surface area contributed by atoms with Gasteiger partial charge in [0.15, 0.2) is 0 Å². The summed E-state index contributed by atoms with van der Waals surface area (Å²) in [4.78, 5) is 24.7. The predicted molar refractivity (Wildman–Crippen MR) is 136 cm³/mol. The largest absolute Gasteiger partial charge is 0.480 e. The lowest BCUT2D eigenvalue weighted by atomic mass is 10.0. The van der Waals surface area contributed by atoms with E-state index < -0.39 is 28.2 Å². The monoisotopic (exact) mass is 507 g/mol. The number of carboxylic acids is 2. The van der Waals surface area contributed by atoms with Crippen LogP contribution in [0, 0.1) is 11.8 Å². The molecule has 0 radical (unpaired) electrons. The van der Waals surface area contributed by atoms with Gasteiger partial charge >= 0.3 is 11.9 Å². The Morgan fingerprint density at radius 2 is 1.53 bits per heavy atom. The number of anilines is 1. The van der Waals surface area contributed by atoms with Gasteiger partial charge in [-0.3, -0.25) is 4.79 Å². The molecular formula is C26H25N3O6S. The maximum atomic E-state index is 12.4. The van der Waals surface area contributed by atoms with Crippen molar-refractivity contribution in [1.82, 2.24) is 9.03 Å². The van der Waals surface area contributed by atoms with Crippen LogP contribution < -0.4 is 9.62 Å². The number of rotatable bonds is 6. The first kappa shape index (κ1) is 25.2. The molecule has 3 aromatic rings. The molecule has 10 heteroatoms. The Morgan fingerprint density at radius 3 is 2.11 bits per heavy atom. The summed E-state index contributed by atoms with van der Waals surface area (Å²) in [7, 11) is -3.88. The molecule has 1 aliphatic heterocycles. The molecule has 3 N–H and O–H groups in total. The van der Waals surface area contributed by atoms with Crippen LogP contribution in [0.3, 0.4) is 0 Å². The highest BCUT2D eigenvalue weighted by Gasteiger charge is 2.29. The van der Waals surface area contributed by atoms with Crippen molar-refractivity contribution in [3.8, 4) is 11.8 Å². The number of carbonyl (C=O) groups is 2. The fraction of sp³-hybridized carbons (Fsp3) is 0.231. The Balaban J connectivity index is 1.44. The summed E-state index contributed by atoms with van der Waals surface area (Å²) in [6.45, 7) is 2.63. The van der Waals surface area contributed by atoms with Crippen molar-refractivity contribution in [2.45, 2.75) is 13.0 Å². The number of benzene rings is 3. The number of fused-ring (bicyclic) bond motifs is 1. The third-order valence-electron chi connectivity index (χ3n) is 5.96. The predicted octanol–water partition coefficient (Wildman–Crippen LogP) is 2.37. The number of piperazine rings is 1. The van der Waals surface area contributed by atoms with Crippen LogP contribution in [0.5, 0.6) is 0 Å². The van der Waals surface area contributed by atoms with Crippen molar-refractivity contribution in [1.29, 1.82) is 0 Å². The lowest BCUT2D eigenvalue weighted by Gasteiger charge is -2.35. The molecule has 0 aromatic heterocycles. The van der Waals surface area contributed by atoms with Crippen LogP contribution >= 0.6 is 0 Å². The maximum absolute atomic E-state index is 12.4. The summed E-state index contributed by atoms with van der Waals surface area (Å²) in [5, 5.41) is 20.3. The van der Waals surface area contributed by atoms with Crippen LogP contribution in [-0.2, 0) is 15.0 Å². The molecule has 36 heavy (non-hydrogen) atoms. The van der Waals surface area contributed by atoms with Crippen LogP contribution in [0.15, 0.2) is 60.7 Å². The Hall–Kier alpha value is -3.91. The van der Waals surface area contributed by atoms with Crippen LogP contribution in [0.4, 0.5) is 5.69 Å². The van der Waals surface area contributed by atoms with Gasteiger partial charge in [0.25, 0.3) is 10.2 Å². The van der Waals surface area contributed by atoms with E-state index in [0.717, 1.165) is 22.0 Å². The molecule has 0 bridgehead atoms. The zero-order valence-corrected chi connectivity index (χ0v) is 20.3. The number of hydrogen-bond donors (Lipinski definition) is 3. The summed E-state index contributed by atoms with van der Waals surface area (Å²) >= 11 is 0. The van der Waals surface area contributed by atoms with Crippen molar-refractivity contribution in [2.75, 3.05) is 31.1 Å². The molecule has 4 rings (SSSR count). The zero-order chi connectivity index (χ0) is 25.9. The molecule has 186 valence electrons. The van der Waals surface area contributed by atoms with E-state index in [0.29, 0.717) is 18.7 Å². The van der Waals surface area contributed by atoms with E-state index >= 15 is 0 Å². The van der Waals surface area contributed by atoms with Gasteiger partial charge in [-0.15, -0.1) is 0 Å². The smallest absolute Gasteiger partial charge is 0.336 e. The SMILES string of the molecule is C[C@@H](NS(=O)(=O)N1CCN(c2ccc(C#Cc3cc4ccccc4cc3C(=O)O)cc2)CC1)C(=O)O. The summed E-state index contributed by atoms with van der Waals surface area (Å²) in [5.74, 6) is 3.74. The average molecular weight is 508 g/mol. The van der Waals surface area contributed by atoms with E-state index in [1.54, 1.807) is 12.1 Å². The number of aromatic carboxylic acids is 1. The zero-order valence-electron chi connectivity index (χ0n) is 19.5. The first-order valence-corrected chi connectivity index (χ1v) is 12.7. The summed E-state index contributed by atoms with van der Waals surface area (Å²) in [6, 6.07) is 17.2. The van der Waals surface area contributed by atoms with Gasteiger partial charge in [-0.05, 0) is 54.1 Å². The van der Waals surface area contributed by atoms with Gasteiger partial charge in [-0.1, -0.05) is 36.1 Å². The molecule has 0 spiro atoms. The number of nitrogens with zero attached hydrogens (tertiary/aromatic N) is 2. The van der Waals surface area contributed by atoms with E-state index in [9.17, 15) is 23.1 Å². The minimum absolute atomic E-state index is 0.151. The number of hydrogen-bond acceptors (Lipinski definition) is 5. The second kappa shape index (κ2) is 10.4. The van der Waals surface area contributed by atoms with E-state index in [1.807, 2.05) is 53.4 Å². The second-order valence-corrected chi connectivity index (χ2v) is 10.1. The molecular weight excluding hydrogens is 482 g/mol. The highest BCUT2D eigenvalue weighted by molar-refractivity contribution is 7.87. The minimum Gasteiger partial charge on any atom is -0.480 e. The molecule has 1 fully saturated rings. The molecule has 0 amide bonds. The number of aliphatic carboxylic acids is 1. The lowest BCUT2D eigenvalue weighted by molar-refractivity contribution is -0.138. The number of carboxylic acid groups (broad SMARTS) is 2. The molecule has 0 unspecified atom stereocenters. The van der Waals surface area contributed by atoms with Gasteiger partial charge < -0.3 is 15.1 Å². The van der Waals surface area contributed by atoms with Crippen LogP contribution in [-0.4, -0.2) is 67.1 Å². The highest BCUT2D eigenvalue weighted by atomic mass is 32.2. The normalized spacial score (nSPS) is 15.2. The van der Waals surface area contributed by atoms with Gasteiger partial charge in [-0.2, -0.15) is 17.4 Å². The number of nitrogens with one attached hydrogen (secondary N) is 1. The van der Waals surface area contributed by atoms with Gasteiger partial charge in [-0.25, -0.2) is 4.79 Å². The van der Waals surface area contributed by atoms with Crippen molar-refractivity contribution < 1.29 is 28.2 Å². The first-order valence-electron chi connectivity index (χ1n) is 11.3. The van der Waals surface area contributed by atoms with Gasteiger partial charge in [0.1, 0.15) is 6.04 Å². The summed E-state index contributed by atoms with van der Waals surface area (Å²) in [6.07, 6.45) is 0. The van der Waals surface area contributed by atoms with Gasteiger partial charge in [0, 0.05) is 43.0 Å². The first-order chi connectivity index (χ1) is 17.1. The molecule has 3 aromatic carbocycles. The molecule has 0 saturated carbocycles. The molecule has 9 nitrogen and oxygen atoms in total. The minimum atomic E-state index is -3.88. The van der Waals surface area contributed by atoms with Crippen LogP contribution in [0.1, 0.15) is 28.4 Å². The fourth-order valence-corrected chi connectivity index (χ4v) is 5.29. The molecule has 1 saturated heterocycles. The second-order valence-electron chi connectivity index (χ2n) is 8.42. The Kier molecular flexibility index (Phi) is 7.26. The van der Waals surface area contributed by atoms with Gasteiger partial charge in [0.05, 0.1) is 5.56 Å². The van der Waals surface area contributed by atoms with Crippen molar-refractivity contribution in [2.24, 2.45) is 0 Å². The quantitative estimate of drug-likeness (QED) is 0.437. The average Bonchev–Trinajstić information content (AvgIpc) is 2.87. The Morgan fingerprint density at radius 1 is 0.917 bits per heavy atom. The van der Waals surface area contributed by atoms with E-state index in [2.05, 4.69) is 16.6 Å². The van der Waals surface area contributed by atoms with Crippen molar-refractivity contribution in [3.63, 3.8) is 0 Å². The molecule has 1 atom stereocenters. The lowest BCUT2D eigenvalue weighted by Crippen LogP contribution is -2.54. The third kappa shape index (κ3) is 5.66. The summed E-state index contributed by atoms with van der Waals surface area (Å²) in [5.41, 5.74) is 2.21. The third-order valence-corrected chi connectivity index (χ3v) is 7.66. The highest BCUT2D eigenvalue weighted by Crippen LogP contribution is 2.21. The summed E-state index contributed by atoms with van der Waals surface area (Å²) < 4.78 is 28.2. The molecule has 1 heterocycles. The molecule has 1 aliphatic rings. The van der Waals surface area contributed by atoms with Crippen LogP contribution in [0.25, 0.3) is 10.8 Å². The maximum Gasteiger partial charge on any atom is 0.336 e. The standard InChI is InChI=1S/C26H25N3O6S/c1-18(25(30)31)27-36(34,35)29-14-12-28(13-15-29)23-10-7-19(8-11-23)6-9-22-16-20-4-2-3-5-21(20)17-24(22)26(32)33/h2-5,7-8,10-11,16-18,27H,12-15H2,1H3,(H,30,31)(H,32,33)/t18-/m1/s1.